The van der Waals surface area contributed by atoms with Crippen LogP contribution in [-0.2, 0) is 18.4 Å². The van der Waals surface area contributed by atoms with Crippen molar-refractivity contribution in [2.24, 2.45) is 7.05 Å². The van der Waals surface area contributed by atoms with Crippen molar-refractivity contribution in [2.75, 3.05) is 5.32 Å². The van der Waals surface area contributed by atoms with E-state index in [1.807, 2.05) is 12.1 Å². The molecule has 1 heterocycles. The van der Waals surface area contributed by atoms with Gasteiger partial charge in [0.1, 0.15) is 18.2 Å². The van der Waals surface area contributed by atoms with Crippen LogP contribution in [0, 0.1) is 5.82 Å². The fraction of sp³-hybridized carbons (Fsp3) is 0.211. The van der Waals surface area contributed by atoms with Gasteiger partial charge in [0.05, 0.1) is 15.3 Å². The highest BCUT2D eigenvalue weighted by Gasteiger charge is 2.19. The number of rotatable bonds is 7. The van der Waals surface area contributed by atoms with E-state index < -0.39 is 11.1 Å². The van der Waals surface area contributed by atoms with Crippen LogP contribution in [0.5, 0.6) is 5.75 Å². The molecule has 0 aliphatic carbocycles. The second-order valence-electron chi connectivity index (χ2n) is 6.06. The van der Waals surface area contributed by atoms with Gasteiger partial charge in [0, 0.05) is 12.7 Å². The number of anilines is 1. The molecule has 1 atom stereocenters. The first kappa shape index (κ1) is 21.4. The number of hydrogen-bond acceptors (Lipinski definition) is 5. The Hall–Kier alpha value is -2.29. The fourth-order valence-corrected chi connectivity index (χ4v) is 3.51. The van der Waals surface area contributed by atoms with Crippen LogP contribution in [0.3, 0.4) is 0 Å². The number of aromatic nitrogens is 3. The normalized spacial score (nSPS) is 11.9. The first-order valence-corrected chi connectivity index (χ1v) is 10.2. The Balaban J connectivity index is 1.60. The number of ether oxygens (including phenoxy) is 1. The zero-order valence-corrected chi connectivity index (χ0v) is 17.9. The second kappa shape index (κ2) is 9.47. The van der Waals surface area contributed by atoms with Crippen molar-refractivity contribution < 1.29 is 13.9 Å². The number of amides is 1. The van der Waals surface area contributed by atoms with Gasteiger partial charge in [-0.2, -0.15) is 0 Å². The lowest BCUT2D eigenvalue weighted by Gasteiger charge is -2.12. The number of hydrogen-bond donors (Lipinski definition) is 1. The Morgan fingerprint density at radius 1 is 1.24 bits per heavy atom. The molecule has 1 aromatic heterocycles. The molecule has 0 aliphatic rings. The molecule has 1 N–H and O–H groups in total. The molecule has 29 heavy (non-hydrogen) atoms. The number of thioether (sulfide) groups is 1. The summed E-state index contributed by atoms with van der Waals surface area (Å²) >= 11 is 13.1. The Kier molecular flexibility index (Phi) is 7.00. The number of nitrogens with zero attached hydrogens (tertiary/aromatic N) is 3. The van der Waals surface area contributed by atoms with Gasteiger partial charge in [0.15, 0.2) is 11.0 Å². The van der Waals surface area contributed by atoms with E-state index in [-0.39, 0.29) is 17.5 Å². The van der Waals surface area contributed by atoms with Crippen molar-refractivity contribution in [3.8, 4) is 5.75 Å². The van der Waals surface area contributed by atoms with Crippen molar-refractivity contribution in [1.29, 1.82) is 0 Å². The summed E-state index contributed by atoms with van der Waals surface area (Å²) in [6.07, 6.45) is 0. The minimum Gasteiger partial charge on any atom is -0.484 e. The van der Waals surface area contributed by atoms with Gasteiger partial charge in [-0.1, -0.05) is 47.1 Å². The molecule has 1 unspecified atom stereocenters. The van der Waals surface area contributed by atoms with Crippen LogP contribution in [0.25, 0.3) is 0 Å². The summed E-state index contributed by atoms with van der Waals surface area (Å²) in [6, 6.07) is 11.2. The molecular weight excluding hydrogens is 438 g/mol. The zero-order valence-electron chi connectivity index (χ0n) is 15.5. The molecule has 0 aliphatic heterocycles. The maximum Gasteiger partial charge on any atom is 0.237 e. The lowest BCUT2D eigenvalue weighted by molar-refractivity contribution is -0.115. The summed E-state index contributed by atoms with van der Waals surface area (Å²) < 4.78 is 20.7. The minimum absolute atomic E-state index is 0.0560. The molecule has 0 saturated heterocycles. The molecule has 152 valence electrons. The first-order chi connectivity index (χ1) is 13.8. The van der Waals surface area contributed by atoms with Crippen LogP contribution in [0.1, 0.15) is 12.7 Å². The van der Waals surface area contributed by atoms with Crippen molar-refractivity contribution in [3.05, 3.63) is 64.2 Å². The van der Waals surface area contributed by atoms with Crippen molar-refractivity contribution in [2.45, 2.75) is 23.9 Å². The zero-order chi connectivity index (χ0) is 21.0. The van der Waals surface area contributed by atoms with Gasteiger partial charge in [-0.25, -0.2) is 4.39 Å². The van der Waals surface area contributed by atoms with Crippen molar-refractivity contribution >= 4 is 46.6 Å². The van der Waals surface area contributed by atoms with E-state index in [1.54, 1.807) is 30.7 Å². The second-order valence-corrected chi connectivity index (χ2v) is 8.18. The predicted octanol–water partition coefficient (Wildman–Crippen LogP) is 4.96. The van der Waals surface area contributed by atoms with E-state index in [2.05, 4.69) is 15.5 Å². The molecule has 0 fully saturated rings. The largest absolute Gasteiger partial charge is 0.484 e. The summed E-state index contributed by atoms with van der Waals surface area (Å²) in [7, 11) is 1.79. The molecule has 6 nitrogen and oxygen atoms in total. The molecule has 0 spiro atoms. The third-order valence-electron chi connectivity index (χ3n) is 3.96. The van der Waals surface area contributed by atoms with Crippen LogP contribution >= 0.6 is 35.0 Å². The molecule has 1 amide bonds. The van der Waals surface area contributed by atoms with Crippen LogP contribution in [-0.4, -0.2) is 25.9 Å². The standard InChI is InChI=1S/C19H17Cl2FN4O2S/c1-11(18(27)23-12-7-8-15(22)14(21)9-12)29-19-25-24-17(26(19)2)10-28-16-6-4-3-5-13(16)20/h3-9,11H,10H2,1-2H3,(H,23,27). The Bertz CT molecular complexity index is 1030. The fourth-order valence-electron chi connectivity index (χ4n) is 2.31. The van der Waals surface area contributed by atoms with E-state index in [0.29, 0.717) is 27.4 Å². The molecule has 0 saturated carbocycles. The van der Waals surface area contributed by atoms with E-state index in [4.69, 9.17) is 27.9 Å². The summed E-state index contributed by atoms with van der Waals surface area (Å²) in [4.78, 5) is 12.4. The lowest BCUT2D eigenvalue weighted by atomic mass is 10.3. The van der Waals surface area contributed by atoms with Crippen molar-refractivity contribution in [1.82, 2.24) is 14.8 Å². The molecule has 2 aromatic carbocycles. The van der Waals surface area contributed by atoms with E-state index in [0.717, 1.165) is 0 Å². The first-order valence-electron chi connectivity index (χ1n) is 8.53. The maximum absolute atomic E-state index is 13.2. The highest BCUT2D eigenvalue weighted by Crippen LogP contribution is 2.26. The average molecular weight is 455 g/mol. The van der Waals surface area contributed by atoms with Crippen LogP contribution in [0.4, 0.5) is 10.1 Å². The van der Waals surface area contributed by atoms with Gasteiger partial charge in [0.25, 0.3) is 0 Å². The Morgan fingerprint density at radius 2 is 2.00 bits per heavy atom. The number of carbonyl (C=O) groups is 1. The molecule has 0 radical (unpaired) electrons. The third kappa shape index (κ3) is 5.41. The monoisotopic (exact) mass is 454 g/mol. The van der Waals surface area contributed by atoms with Gasteiger partial charge in [-0.15, -0.1) is 10.2 Å². The maximum atomic E-state index is 13.2. The number of nitrogens with one attached hydrogen (secondary N) is 1. The number of halogens is 3. The highest BCUT2D eigenvalue weighted by molar-refractivity contribution is 8.00. The average Bonchev–Trinajstić information content (AvgIpc) is 3.03. The van der Waals surface area contributed by atoms with E-state index in [1.165, 1.54) is 30.0 Å². The third-order valence-corrected chi connectivity index (χ3v) is 5.69. The topological polar surface area (TPSA) is 69.0 Å². The van der Waals surface area contributed by atoms with E-state index >= 15 is 0 Å². The molecule has 0 bridgehead atoms. The molecule has 10 heteroatoms. The number of carbonyl (C=O) groups excluding carboxylic acids is 1. The lowest BCUT2D eigenvalue weighted by Crippen LogP contribution is -2.23. The predicted molar refractivity (Wildman–Crippen MR) is 112 cm³/mol. The Labute approximate surface area is 181 Å². The highest BCUT2D eigenvalue weighted by atomic mass is 35.5. The number of benzene rings is 2. The van der Waals surface area contributed by atoms with Crippen molar-refractivity contribution in [3.63, 3.8) is 0 Å². The summed E-state index contributed by atoms with van der Waals surface area (Å²) in [5.41, 5.74) is 0.417. The SMILES string of the molecule is CC(Sc1nnc(COc2ccccc2Cl)n1C)C(=O)Nc1ccc(F)c(Cl)c1. The van der Waals surface area contributed by atoms with Crippen LogP contribution in [0.2, 0.25) is 10.0 Å². The van der Waals surface area contributed by atoms with Gasteiger partial charge in [0.2, 0.25) is 5.91 Å². The quantitative estimate of drug-likeness (QED) is 0.510. The molecular formula is C19H17Cl2FN4O2S. The summed E-state index contributed by atoms with van der Waals surface area (Å²) in [6.45, 7) is 1.92. The van der Waals surface area contributed by atoms with Crippen LogP contribution < -0.4 is 10.1 Å². The smallest absolute Gasteiger partial charge is 0.237 e. The van der Waals surface area contributed by atoms with Gasteiger partial charge >= 0.3 is 0 Å². The Morgan fingerprint density at radius 3 is 2.72 bits per heavy atom. The summed E-state index contributed by atoms with van der Waals surface area (Å²) in [5, 5.41) is 11.5. The number of para-hydroxylation sites is 1. The van der Waals surface area contributed by atoms with Gasteiger partial charge in [-0.05, 0) is 37.3 Å². The molecule has 3 aromatic rings. The molecule has 3 rings (SSSR count). The van der Waals surface area contributed by atoms with E-state index in [9.17, 15) is 9.18 Å². The van der Waals surface area contributed by atoms with Gasteiger partial charge < -0.3 is 14.6 Å². The van der Waals surface area contributed by atoms with Crippen LogP contribution in [0.15, 0.2) is 47.6 Å². The summed E-state index contributed by atoms with van der Waals surface area (Å²) in [5.74, 6) is 0.328. The minimum atomic E-state index is -0.544. The van der Waals surface area contributed by atoms with Gasteiger partial charge in [-0.3, -0.25) is 4.79 Å².